The fourth-order valence-electron chi connectivity index (χ4n) is 3.02. The number of benzene rings is 3. The lowest BCUT2D eigenvalue weighted by Gasteiger charge is -2.08. The summed E-state index contributed by atoms with van der Waals surface area (Å²) in [6.45, 7) is 3.99. The van der Waals surface area contributed by atoms with Crippen LogP contribution >= 0.6 is 31.9 Å². The molecule has 5 nitrogen and oxygen atoms in total. The van der Waals surface area contributed by atoms with Crippen LogP contribution in [0.25, 0.3) is 17.1 Å². The van der Waals surface area contributed by atoms with E-state index in [-0.39, 0.29) is 11.7 Å². The number of rotatable bonds is 4. The van der Waals surface area contributed by atoms with Gasteiger partial charge in [0.05, 0.1) is 5.69 Å². The molecule has 4 aromatic rings. The van der Waals surface area contributed by atoms with E-state index in [0.717, 1.165) is 37.0 Å². The Kier molecular flexibility index (Phi) is 5.83. The molecular formula is C23H18Br2N4O. The highest BCUT2D eigenvalue weighted by Crippen LogP contribution is 2.25. The van der Waals surface area contributed by atoms with Crippen LogP contribution < -0.4 is 5.32 Å². The van der Waals surface area contributed by atoms with Gasteiger partial charge in [0.2, 0.25) is 5.82 Å². The quantitative estimate of drug-likeness (QED) is 0.338. The maximum Gasteiger partial charge on any atom is 0.295 e. The van der Waals surface area contributed by atoms with Crippen molar-refractivity contribution >= 4 is 43.5 Å². The van der Waals surface area contributed by atoms with Gasteiger partial charge in [-0.2, -0.15) is 0 Å². The van der Waals surface area contributed by atoms with Crippen molar-refractivity contribution in [1.82, 2.24) is 14.8 Å². The second-order valence-corrected chi connectivity index (χ2v) is 8.69. The van der Waals surface area contributed by atoms with Gasteiger partial charge in [0.15, 0.2) is 5.82 Å². The van der Waals surface area contributed by atoms with Crippen LogP contribution in [0.2, 0.25) is 0 Å². The van der Waals surface area contributed by atoms with E-state index in [1.54, 1.807) is 4.68 Å². The maximum absolute atomic E-state index is 12.9. The Labute approximate surface area is 191 Å². The smallest absolute Gasteiger partial charge is 0.295 e. The minimum atomic E-state index is -0.349. The molecule has 1 amide bonds. The third-order valence-electron chi connectivity index (χ3n) is 4.84. The Bertz CT molecular complexity index is 1150. The van der Waals surface area contributed by atoms with Crippen LogP contribution in [0.15, 0.2) is 75.7 Å². The first-order valence-corrected chi connectivity index (χ1v) is 10.9. The average molecular weight is 526 g/mol. The van der Waals surface area contributed by atoms with Gasteiger partial charge in [0.25, 0.3) is 5.91 Å². The van der Waals surface area contributed by atoms with E-state index in [0.29, 0.717) is 5.82 Å². The van der Waals surface area contributed by atoms with Crippen LogP contribution in [-0.2, 0) is 0 Å². The largest absolute Gasteiger partial charge is 0.319 e. The van der Waals surface area contributed by atoms with Crippen molar-refractivity contribution in [3.05, 3.63) is 92.6 Å². The molecule has 0 radical (unpaired) electrons. The van der Waals surface area contributed by atoms with E-state index in [9.17, 15) is 4.79 Å². The fraction of sp³-hybridized carbons (Fsp3) is 0.0870. The summed E-state index contributed by atoms with van der Waals surface area (Å²) >= 11 is 6.91. The van der Waals surface area contributed by atoms with Gasteiger partial charge in [0, 0.05) is 20.2 Å². The van der Waals surface area contributed by atoms with Crippen molar-refractivity contribution in [2.24, 2.45) is 0 Å². The zero-order valence-corrected chi connectivity index (χ0v) is 19.5. The van der Waals surface area contributed by atoms with Crippen LogP contribution in [0.1, 0.15) is 21.7 Å². The Morgan fingerprint density at radius 2 is 1.53 bits per heavy atom. The van der Waals surface area contributed by atoms with Crippen molar-refractivity contribution < 1.29 is 4.79 Å². The molecule has 0 aliphatic heterocycles. The summed E-state index contributed by atoms with van der Waals surface area (Å²) in [5.41, 5.74) is 4.56. The topological polar surface area (TPSA) is 59.8 Å². The SMILES string of the molecule is Cc1cccc(NC(=O)c2nc(-c3ccc(Br)cc3)n(-c3ccc(Br)cc3)n2)c1C. The summed E-state index contributed by atoms with van der Waals surface area (Å²) in [4.78, 5) is 17.5. The van der Waals surface area contributed by atoms with Gasteiger partial charge in [0.1, 0.15) is 0 Å². The Morgan fingerprint density at radius 3 is 2.20 bits per heavy atom. The van der Waals surface area contributed by atoms with Gasteiger partial charge in [-0.1, -0.05) is 56.1 Å². The highest BCUT2D eigenvalue weighted by atomic mass is 79.9. The molecule has 7 heteroatoms. The summed E-state index contributed by atoms with van der Waals surface area (Å²) in [5.74, 6) is 0.352. The van der Waals surface area contributed by atoms with Gasteiger partial charge in [-0.15, -0.1) is 5.10 Å². The second kappa shape index (κ2) is 8.53. The van der Waals surface area contributed by atoms with E-state index in [1.165, 1.54) is 0 Å². The Morgan fingerprint density at radius 1 is 0.900 bits per heavy atom. The summed E-state index contributed by atoms with van der Waals surface area (Å²) in [6, 6.07) is 21.3. The summed E-state index contributed by atoms with van der Waals surface area (Å²) < 4.78 is 3.62. The number of hydrogen-bond donors (Lipinski definition) is 1. The molecule has 0 saturated carbocycles. The van der Waals surface area contributed by atoms with Gasteiger partial charge in [-0.05, 0) is 67.4 Å². The molecule has 150 valence electrons. The Balaban J connectivity index is 1.76. The van der Waals surface area contributed by atoms with Crippen LogP contribution in [-0.4, -0.2) is 20.7 Å². The fourth-order valence-corrected chi connectivity index (χ4v) is 3.55. The first kappa shape index (κ1) is 20.5. The van der Waals surface area contributed by atoms with Crippen molar-refractivity contribution in [2.75, 3.05) is 5.32 Å². The maximum atomic E-state index is 12.9. The van der Waals surface area contributed by atoms with Gasteiger partial charge >= 0.3 is 0 Å². The molecule has 0 spiro atoms. The molecule has 4 rings (SSSR count). The van der Waals surface area contributed by atoms with Crippen LogP contribution in [0.5, 0.6) is 0 Å². The number of hydrogen-bond acceptors (Lipinski definition) is 3. The van der Waals surface area contributed by atoms with Crippen LogP contribution in [0.3, 0.4) is 0 Å². The number of nitrogens with one attached hydrogen (secondary N) is 1. The molecule has 0 aliphatic rings. The van der Waals surface area contributed by atoms with E-state index in [2.05, 4.69) is 47.3 Å². The number of anilines is 1. The molecular weight excluding hydrogens is 508 g/mol. The zero-order chi connectivity index (χ0) is 21.3. The number of aryl methyl sites for hydroxylation is 1. The lowest BCUT2D eigenvalue weighted by atomic mass is 10.1. The summed E-state index contributed by atoms with van der Waals surface area (Å²) in [6.07, 6.45) is 0. The van der Waals surface area contributed by atoms with Gasteiger partial charge < -0.3 is 5.32 Å². The average Bonchev–Trinajstić information content (AvgIpc) is 3.18. The van der Waals surface area contributed by atoms with E-state index in [1.807, 2.05) is 80.6 Å². The molecule has 1 aromatic heterocycles. The molecule has 3 aromatic carbocycles. The summed E-state index contributed by atoms with van der Waals surface area (Å²) in [5, 5.41) is 7.46. The van der Waals surface area contributed by atoms with E-state index in [4.69, 9.17) is 0 Å². The molecule has 0 unspecified atom stereocenters. The standard InChI is InChI=1S/C23H18Br2N4O/c1-14-4-3-5-20(15(14)2)26-23(30)21-27-22(16-6-8-17(24)9-7-16)29(28-21)19-12-10-18(25)11-13-19/h3-13H,1-2H3,(H,26,30). The van der Waals surface area contributed by atoms with E-state index >= 15 is 0 Å². The number of amides is 1. The Hall–Kier alpha value is -2.77. The zero-order valence-electron chi connectivity index (χ0n) is 16.4. The summed E-state index contributed by atoms with van der Waals surface area (Å²) in [7, 11) is 0. The lowest BCUT2D eigenvalue weighted by Crippen LogP contribution is -2.15. The molecule has 0 bridgehead atoms. The third-order valence-corrected chi connectivity index (χ3v) is 5.89. The van der Waals surface area contributed by atoms with Gasteiger partial charge in [-0.25, -0.2) is 9.67 Å². The highest BCUT2D eigenvalue weighted by Gasteiger charge is 2.19. The van der Waals surface area contributed by atoms with Crippen LogP contribution in [0, 0.1) is 13.8 Å². The molecule has 0 fully saturated rings. The normalized spacial score (nSPS) is 10.8. The van der Waals surface area contributed by atoms with Crippen LogP contribution in [0.4, 0.5) is 5.69 Å². The second-order valence-electron chi connectivity index (χ2n) is 6.86. The number of carbonyl (C=O) groups excluding carboxylic acids is 1. The minimum absolute atomic E-state index is 0.108. The third kappa shape index (κ3) is 4.22. The van der Waals surface area contributed by atoms with Crippen molar-refractivity contribution in [3.8, 4) is 17.1 Å². The minimum Gasteiger partial charge on any atom is -0.319 e. The number of nitrogens with zero attached hydrogens (tertiary/aromatic N) is 3. The first-order chi connectivity index (χ1) is 14.4. The lowest BCUT2D eigenvalue weighted by molar-refractivity contribution is 0.101. The molecule has 0 atom stereocenters. The van der Waals surface area contributed by atoms with Crippen molar-refractivity contribution in [2.45, 2.75) is 13.8 Å². The number of carbonyl (C=O) groups is 1. The van der Waals surface area contributed by atoms with Crippen molar-refractivity contribution in [3.63, 3.8) is 0 Å². The monoisotopic (exact) mass is 524 g/mol. The number of halogens is 2. The molecule has 0 saturated heterocycles. The predicted octanol–water partition coefficient (Wildman–Crippen LogP) is 6.33. The first-order valence-electron chi connectivity index (χ1n) is 9.29. The number of aromatic nitrogens is 3. The van der Waals surface area contributed by atoms with Gasteiger partial charge in [-0.3, -0.25) is 4.79 Å². The molecule has 1 heterocycles. The highest BCUT2D eigenvalue weighted by molar-refractivity contribution is 9.10. The molecule has 30 heavy (non-hydrogen) atoms. The van der Waals surface area contributed by atoms with E-state index < -0.39 is 0 Å². The molecule has 1 N–H and O–H groups in total. The van der Waals surface area contributed by atoms with Crippen molar-refractivity contribution in [1.29, 1.82) is 0 Å². The molecule has 0 aliphatic carbocycles. The predicted molar refractivity (Wildman–Crippen MR) is 126 cm³/mol.